The molecular formula is C12H12BrN3O2. The number of benzene rings is 1. The molecule has 94 valence electrons. The molecule has 0 saturated carbocycles. The first kappa shape index (κ1) is 12.6. The summed E-state index contributed by atoms with van der Waals surface area (Å²) in [4.78, 5) is 7.84. The Bertz CT molecular complexity index is 549. The molecule has 0 radical (unpaired) electrons. The Balaban J connectivity index is 2.16. The fourth-order valence-corrected chi connectivity index (χ4v) is 1.83. The standard InChI is InChI=1S/C12H12BrN3O2/c1-17-10-11(14)15-7-16-12(10)18-6-8-4-2-3-5-9(8)13/h2-5,7H,6H2,1H3,(H2,14,15,16). The van der Waals surface area contributed by atoms with Crippen molar-refractivity contribution in [2.45, 2.75) is 6.61 Å². The molecule has 0 aliphatic heterocycles. The first-order chi connectivity index (χ1) is 8.72. The number of nitrogens with two attached hydrogens (primary N) is 1. The normalized spacial score (nSPS) is 10.1. The zero-order valence-corrected chi connectivity index (χ0v) is 11.3. The molecule has 2 N–H and O–H groups in total. The second kappa shape index (κ2) is 5.68. The van der Waals surface area contributed by atoms with Crippen molar-refractivity contribution in [1.29, 1.82) is 0 Å². The van der Waals surface area contributed by atoms with Gasteiger partial charge in [-0.3, -0.25) is 0 Å². The maximum atomic E-state index is 5.67. The van der Waals surface area contributed by atoms with Crippen LogP contribution in [0.3, 0.4) is 0 Å². The zero-order valence-electron chi connectivity index (χ0n) is 9.76. The number of hydrogen-bond acceptors (Lipinski definition) is 5. The number of methoxy groups -OCH3 is 1. The van der Waals surface area contributed by atoms with Crippen molar-refractivity contribution in [3.05, 3.63) is 40.6 Å². The van der Waals surface area contributed by atoms with Crippen molar-refractivity contribution in [3.8, 4) is 11.6 Å². The number of aromatic nitrogens is 2. The summed E-state index contributed by atoms with van der Waals surface area (Å²) >= 11 is 3.45. The van der Waals surface area contributed by atoms with Crippen LogP contribution in [0.15, 0.2) is 35.1 Å². The number of ether oxygens (including phenoxy) is 2. The molecule has 0 saturated heterocycles. The highest BCUT2D eigenvalue weighted by molar-refractivity contribution is 9.10. The van der Waals surface area contributed by atoms with Crippen molar-refractivity contribution in [1.82, 2.24) is 9.97 Å². The molecule has 0 amide bonds. The van der Waals surface area contributed by atoms with E-state index in [2.05, 4.69) is 25.9 Å². The lowest BCUT2D eigenvalue weighted by atomic mass is 10.2. The van der Waals surface area contributed by atoms with Gasteiger partial charge in [0.05, 0.1) is 7.11 Å². The van der Waals surface area contributed by atoms with E-state index in [0.29, 0.717) is 18.2 Å². The van der Waals surface area contributed by atoms with Gasteiger partial charge < -0.3 is 15.2 Å². The topological polar surface area (TPSA) is 70.3 Å². The summed E-state index contributed by atoms with van der Waals surface area (Å²) in [5.74, 6) is 0.944. The molecule has 0 aliphatic carbocycles. The van der Waals surface area contributed by atoms with Crippen LogP contribution in [0.2, 0.25) is 0 Å². The molecule has 0 aliphatic rings. The fraction of sp³-hybridized carbons (Fsp3) is 0.167. The van der Waals surface area contributed by atoms with E-state index in [1.165, 1.54) is 13.4 Å². The van der Waals surface area contributed by atoms with Crippen LogP contribution >= 0.6 is 15.9 Å². The van der Waals surface area contributed by atoms with Crippen molar-refractivity contribution in [2.75, 3.05) is 12.8 Å². The molecule has 0 bridgehead atoms. The lowest BCUT2D eigenvalue weighted by molar-refractivity contribution is 0.271. The van der Waals surface area contributed by atoms with Gasteiger partial charge in [0.25, 0.3) is 5.88 Å². The second-order valence-electron chi connectivity index (χ2n) is 3.48. The van der Waals surface area contributed by atoms with Gasteiger partial charge in [-0.15, -0.1) is 0 Å². The Morgan fingerprint density at radius 1 is 1.28 bits per heavy atom. The summed E-state index contributed by atoms with van der Waals surface area (Å²) in [5.41, 5.74) is 6.68. The summed E-state index contributed by atoms with van der Waals surface area (Å²) in [5, 5.41) is 0. The smallest absolute Gasteiger partial charge is 0.262 e. The predicted octanol–water partition coefficient (Wildman–Crippen LogP) is 2.41. The average molecular weight is 310 g/mol. The minimum atomic E-state index is 0.259. The summed E-state index contributed by atoms with van der Waals surface area (Å²) in [6, 6.07) is 7.79. The quantitative estimate of drug-likeness (QED) is 0.939. The Kier molecular flexibility index (Phi) is 3.99. The van der Waals surface area contributed by atoms with E-state index in [4.69, 9.17) is 15.2 Å². The number of nitrogen functional groups attached to an aromatic ring is 1. The third kappa shape index (κ3) is 2.70. The highest BCUT2D eigenvalue weighted by Gasteiger charge is 2.11. The van der Waals surface area contributed by atoms with E-state index >= 15 is 0 Å². The van der Waals surface area contributed by atoms with Crippen LogP contribution in [0, 0.1) is 0 Å². The monoisotopic (exact) mass is 309 g/mol. The molecule has 6 heteroatoms. The summed E-state index contributed by atoms with van der Waals surface area (Å²) < 4.78 is 11.7. The first-order valence-electron chi connectivity index (χ1n) is 5.23. The Morgan fingerprint density at radius 3 is 2.78 bits per heavy atom. The number of rotatable bonds is 4. The molecule has 5 nitrogen and oxygen atoms in total. The van der Waals surface area contributed by atoms with Crippen LogP contribution in [0.25, 0.3) is 0 Å². The molecule has 1 heterocycles. The third-order valence-electron chi connectivity index (χ3n) is 2.33. The summed E-state index contributed by atoms with van der Waals surface area (Å²) in [6.07, 6.45) is 1.34. The van der Waals surface area contributed by atoms with Gasteiger partial charge in [-0.2, -0.15) is 4.98 Å². The fourth-order valence-electron chi connectivity index (χ4n) is 1.43. The molecule has 2 aromatic rings. The molecule has 0 fully saturated rings. The Morgan fingerprint density at radius 2 is 2.06 bits per heavy atom. The van der Waals surface area contributed by atoms with Crippen LogP contribution in [0.4, 0.5) is 5.82 Å². The lowest BCUT2D eigenvalue weighted by Crippen LogP contribution is -2.03. The number of anilines is 1. The van der Waals surface area contributed by atoms with Crippen LogP contribution in [-0.2, 0) is 6.61 Å². The van der Waals surface area contributed by atoms with Gasteiger partial charge in [-0.05, 0) is 6.07 Å². The number of nitrogens with zero attached hydrogens (tertiary/aromatic N) is 2. The number of hydrogen-bond donors (Lipinski definition) is 1. The lowest BCUT2D eigenvalue weighted by Gasteiger charge is -2.10. The molecule has 2 rings (SSSR count). The molecule has 18 heavy (non-hydrogen) atoms. The number of halogens is 1. The predicted molar refractivity (Wildman–Crippen MR) is 71.5 cm³/mol. The average Bonchev–Trinajstić information content (AvgIpc) is 2.38. The van der Waals surface area contributed by atoms with E-state index in [-0.39, 0.29) is 5.82 Å². The zero-order chi connectivity index (χ0) is 13.0. The molecular weight excluding hydrogens is 298 g/mol. The van der Waals surface area contributed by atoms with Crippen LogP contribution in [0.1, 0.15) is 5.56 Å². The van der Waals surface area contributed by atoms with Gasteiger partial charge >= 0.3 is 0 Å². The van der Waals surface area contributed by atoms with Gasteiger partial charge in [0.1, 0.15) is 12.9 Å². The largest absolute Gasteiger partial charge is 0.489 e. The maximum absolute atomic E-state index is 5.67. The highest BCUT2D eigenvalue weighted by Crippen LogP contribution is 2.29. The molecule has 1 aromatic heterocycles. The van der Waals surface area contributed by atoms with Gasteiger partial charge in [0.15, 0.2) is 5.82 Å². The SMILES string of the molecule is COc1c(N)ncnc1OCc1ccccc1Br. The van der Waals surface area contributed by atoms with E-state index in [1.807, 2.05) is 24.3 Å². The second-order valence-corrected chi connectivity index (χ2v) is 4.33. The molecule has 0 unspecified atom stereocenters. The van der Waals surface area contributed by atoms with Crippen LogP contribution in [-0.4, -0.2) is 17.1 Å². The van der Waals surface area contributed by atoms with Crippen molar-refractivity contribution in [2.24, 2.45) is 0 Å². The van der Waals surface area contributed by atoms with Crippen LogP contribution < -0.4 is 15.2 Å². The van der Waals surface area contributed by atoms with E-state index in [9.17, 15) is 0 Å². The van der Waals surface area contributed by atoms with Crippen LogP contribution in [0.5, 0.6) is 11.6 Å². The van der Waals surface area contributed by atoms with Crippen molar-refractivity contribution < 1.29 is 9.47 Å². The van der Waals surface area contributed by atoms with Crippen molar-refractivity contribution in [3.63, 3.8) is 0 Å². The maximum Gasteiger partial charge on any atom is 0.262 e. The summed E-state index contributed by atoms with van der Waals surface area (Å²) in [7, 11) is 1.50. The first-order valence-corrected chi connectivity index (χ1v) is 6.02. The minimum absolute atomic E-state index is 0.259. The van der Waals surface area contributed by atoms with Gasteiger partial charge in [-0.25, -0.2) is 4.98 Å². The van der Waals surface area contributed by atoms with Gasteiger partial charge in [0.2, 0.25) is 5.75 Å². The van der Waals surface area contributed by atoms with Gasteiger partial charge in [0, 0.05) is 10.0 Å². The van der Waals surface area contributed by atoms with E-state index in [1.54, 1.807) is 0 Å². The van der Waals surface area contributed by atoms with E-state index < -0.39 is 0 Å². The third-order valence-corrected chi connectivity index (χ3v) is 3.10. The highest BCUT2D eigenvalue weighted by atomic mass is 79.9. The molecule has 1 aromatic carbocycles. The Hall–Kier alpha value is -1.82. The Labute approximate surface area is 113 Å². The molecule has 0 atom stereocenters. The summed E-state index contributed by atoms with van der Waals surface area (Å²) in [6.45, 7) is 0.369. The molecule has 0 spiro atoms. The van der Waals surface area contributed by atoms with Gasteiger partial charge in [-0.1, -0.05) is 34.1 Å². The minimum Gasteiger partial charge on any atom is -0.489 e. The van der Waals surface area contributed by atoms with E-state index in [0.717, 1.165) is 10.0 Å². The van der Waals surface area contributed by atoms with Crippen molar-refractivity contribution >= 4 is 21.7 Å².